The molecule has 0 spiro atoms. The number of hydrogen-bond acceptors (Lipinski definition) is 4. The fourth-order valence-electron chi connectivity index (χ4n) is 0.955. The van der Waals surface area contributed by atoms with Gasteiger partial charge < -0.3 is 15.2 Å². The van der Waals surface area contributed by atoms with E-state index in [1.165, 1.54) is 0 Å². The Kier molecular flexibility index (Phi) is 4.78. The van der Waals surface area contributed by atoms with Crippen molar-refractivity contribution in [3.05, 3.63) is 18.3 Å². The van der Waals surface area contributed by atoms with Gasteiger partial charge in [0.05, 0.1) is 6.61 Å². The van der Waals surface area contributed by atoms with Crippen LogP contribution in [0.5, 0.6) is 5.88 Å². The minimum Gasteiger partial charge on any atom is -0.475 e. The van der Waals surface area contributed by atoms with Crippen molar-refractivity contribution in [3.8, 4) is 5.88 Å². The number of nitrogen functional groups attached to an aromatic ring is 1. The van der Waals surface area contributed by atoms with E-state index in [1.807, 2.05) is 0 Å². The zero-order chi connectivity index (χ0) is 10.2. The van der Waals surface area contributed by atoms with Crippen molar-refractivity contribution >= 4 is 5.69 Å². The molecule has 0 aliphatic carbocycles. The standard InChI is InChI=1S/C10H16N2O2/c1-2-5-13-6-7-14-10-8-9(11)3-4-12-10/h3-4,8H,2,5-7H2,1H3,(H2,11,12). The molecule has 0 radical (unpaired) electrons. The molecule has 0 saturated carbocycles. The molecule has 4 nitrogen and oxygen atoms in total. The van der Waals surface area contributed by atoms with Crippen LogP contribution in [-0.4, -0.2) is 24.8 Å². The van der Waals surface area contributed by atoms with Gasteiger partial charge in [-0.3, -0.25) is 0 Å². The van der Waals surface area contributed by atoms with E-state index in [-0.39, 0.29) is 0 Å². The van der Waals surface area contributed by atoms with Crippen molar-refractivity contribution in [2.75, 3.05) is 25.6 Å². The van der Waals surface area contributed by atoms with Gasteiger partial charge in [0.2, 0.25) is 5.88 Å². The maximum absolute atomic E-state index is 5.56. The van der Waals surface area contributed by atoms with Crippen LogP contribution in [-0.2, 0) is 4.74 Å². The smallest absolute Gasteiger partial charge is 0.215 e. The van der Waals surface area contributed by atoms with Crippen LogP contribution >= 0.6 is 0 Å². The first-order valence-corrected chi connectivity index (χ1v) is 4.75. The van der Waals surface area contributed by atoms with Crippen LogP contribution in [0.25, 0.3) is 0 Å². The summed E-state index contributed by atoms with van der Waals surface area (Å²) in [6.07, 6.45) is 2.65. The normalized spacial score (nSPS) is 10.1. The molecular weight excluding hydrogens is 180 g/mol. The molecule has 14 heavy (non-hydrogen) atoms. The van der Waals surface area contributed by atoms with Crippen molar-refractivity contribution < 1.29 is 9.47 Å². The molecule has 0 saturated heterocycles. The maximum atomic E-state index is 5.56. The Bertz CT molecular complexity index is 266. The number of pyridine rings is 1. The molecule has 0 atom stereocenters. The highest BCUT2D eigenvalue weighted by Crippen LogP contribution is 2.09. The van der Waals surface area contributed by atoms with Crippen molar-refractivity contribution in [1.82, 2.24) is 4.98 Å². The van der Waals surface area contributed by atoms with Crippen LogP contribution in [0.15, 0.2) is 18.3 Å². The van der Waals surface area contributed by atoms with Gasteiger partial charge in [0.1, 0.15) is 6.61 Å². The molecule has 1 aromatic heterocycles. The number of nitrogens with two attached hydrogens (primary N) is 1. The van der Waals surface area contributed by atoms with Gasteiger partial charge in [-0.2, -0.15) is 0 Å². The first kappa shape index (κ1) is 10.8. The largest absolute Gasteiger partial charge is 0.475 e. The molecule has 0 amide bonds. The van der Waals surface area contributed by atoms with Gasteiger partial charge in [-0.25, -0.2) is 4.98 Å². The monoisotopic (exact) mass is 196 g/mol. The minimum atomic E-state index is 0.510. The summed E-state index contributed by atoms with van der Waals surface area (Å²) >= 11 is 0. The average Bonchev–Trinajstić information content (AvgIpc) is 2.18. The molecule has 1 aromatic rings. The van der Waals surface area contributed by atoms with E-state index in [0.717, 1.165) is 13.0 Å². The van der Waals surface area contributed by atoms with E-state index in [1.54, 1.807) is 18.3 Å². The van der Waals surface area contributed by atoms with Crippen LogP contribution in [0.3, 0.4) is 0 Å². The highest BCUT2D eigenvalue weighted by Gasteiger charge is 1.95. The molecule has 0 bridgehead atoms. The Balaban J connectivity index is 2.18. The van der Waals surface area contributed by atoms with Gasteiger partial charge in [-0.15, -0.1) is 0 Å². The number of aromatic nitrogens is 1. The lowest BCUT2D eigenvalue weighted by Crippen LogP contribution is -2.08. The predicted molar refractivity (Wildman–Crippen MR) is 55.3 cm³/mol. The first-order chi connectivity index (χ1) is 6.83. The van der Waals surface area contributed by atoms with Gasteiger partial charge in [0, 0.05) is 24.6 Å². The average molecular weight is 196 g/mol. The lowest BCUT2D eigenvalue weighted by Gasteiger charge is -2.05. The number of nitrogens with zero attached hydrogens (tertiary/aromatic N) is 1. The van der Waals surface area contributed by atoms with Gasteiger partial charge in [-0.1, -0.05) is 6.92 Å². The third-order valence-corrected chi connectivity index (χ3v) is 1.58. The summed E-state index contributed by atoms with van der Waals surface area (Å²) in [6.45, 7) is 3.94. The molecule has 1 rings (SSSR count). The van der Waals surface area contributed by atoms with Crippen molar-refractivity contribution in [1.29, 1.82) is 0 Å². The summed E-state index contributed by atoms with van der Waals surface area (Å²) in [5, 5.41) is 0. The molecule has 1 heterocycles. The first-order valence-electron chi connectivity index (χ1n) is 4.75. The van der Waals surface area contributed by atoms with Gasteiger partial charge in [0.25, 0.3) is 0 Å². The molecule has 0 unspecified atom stereocenters. The maximum Gasteiger partial charge on any atom is 0.215 e. The van der Waals surface area contributed by atoms with E-state index < -0.39 is 0 Å². The summed E-state index contributed by atoms with van der Waals surface area (Å²) < 4.78 is 10.6. The van der Waals surface area contributed by atoms with E-state index in [9.17, 15) is 0 Å². The lowest BCUT2D eigenvalue weighted by molar-refractivity contribution is 0.0990. The van der Waals surface area contributed by atoms with Gasteiger partial charge in [0.15, 0.2) is 0 Å². The third-order valence-electron chi connectivity index (χ3n) is 1.58. The van der Waals surface area contributed by atoms with E-state index in [4.69, 9.17) is 15.2 Å². The quantitative estimate of drug-likeness (QED) is 0.700. The van der Waals surface area contributed by atoms with Gasteiger partial charge >= 0.3 is 0 Å². The Morgan fingerprint density at radius 1 is 1.36 bits per heavy atom. The number of rotatable bonds is 6. The second kappa shape index (κ2) is 6.21. The Morgan fingerprint density at radius 2 is 2.21 bits per heavy atom. The summed E-state index contributed by atoms with van der Waals surface area (Å²) in [6, 6.07) is 3.42. The predicted octanol–water partition coefficient (Wildman–Crippen LogP) is 1.47. The molecule has 0 aromatic carbocycles. The summed E-state index contributed by atoms with van der Waals surface area (Å²) in [5.41, 5.74) is 6.22. The molecule has 0 fully saturated rings. The summed E-state index contributed by atoms with van der Waals surface area (Å²) in [5.74, 6) is 0.546. The fraction of sp³-hybridized carbons (Fsp3) is 0.500. The van der Waals surface area contributed by atoms with Crippen molar-refractivity contribution in [2.45, 2.75) is 13.3 Å². The highest BCUT2D eigenvalue weighted by atomic mass is 16.5. The second-order valence-electron chi connectivity index (χ2n) is 2.89. The van der Waals surface area contributed by atoms with E-state index >= 15 is 0 Å². The molecular formula is C10H16N2O2. The molecule has 4 heteroatoms. The van der Waals surface area contributed by atoms with Crippen LogP contribution in [0.2, 0.25) is 0 Å². The fourth-order valence-corrected chi connectivity index (χ4v) is 0.955. The SMILES string of the molecule is CCCOCCOc1cc(N)ccn1. The minimum absolute atomic E-state index is 0.510. The van der Waals surface area contributed by atoms with Crippen LogP contribution in [0.4, 0.5) is 5.69 Å². The molecule has 2 N–H and O–H groups in total. The Labute approximate surface area is 84.0 Å². The summed E-state index contributed by atoms with van der Waals surface area (Å²) in [7, 11) is 0. The van der Waals surface area contributed by atoms with E-state index in [2.05, 4.69) is 11.9 Å². The number of ether oxygens (including phenoxy) is 2. The second-order valence-corrected chi connectivity index (χ2v) is 2.89. The third kappa shape index (κ3) is 4.09. The van der Waals surface area contributed by atoms with E-state index in [0.29, 0.717) is 24.8 Å². The highest BCUT2D eigenvalue weighted by molar-refractivity contribution is 5.39. The molecule has 0 aliphatic heterocycles. The van der Waals surface area contributed by atoms with Crippen LogP contribution in [0.1, 0.15) is 13.3 Å². The van der Waals surface area contributed by atoms with Crippen molar-refractivity contribution in [3.63, 3.8) is 0 Å². The number of hydrogen-bond donors (Lipinski definition) is 1. The van der Waals surface area contributed by atoms with Crippen LogP contribution < -0.4 is 10.5 Å². The molecule has 78 valence electrons. The lowest BCUT2D eigenvalue weighted by atomic mass is 10.4. The summed E-state index contributed by atoms with van der Waals surface area (Å²) in [4.78, 5) is 4.00. The van der Waals surface area contributed by atoms with Crippen LogP contribution in [0, 0.1) is 0 Å². The zero-order valence-corrected chi connectivity index (χ0v) is 8.40. The Morgan fingerprint density at radius 3 is 2.93 bits per heavy atom. The Hall–Kier alpha value is -1.29. The topological polar surface area (TPSA) is 57.4 Å². The van der Waals surface area contributed by atoms with Crippen molar-refractivity contribution in [2.24, 2.45) is 0 Å². The zero-order valence-electron chi connectivity index (χ0n) is 8.40. The molecule has 0 aliphatic rings. The van der Waals surface area contributed by atoms with Gasteiger partial charge in [-0.05, 0) is 12.5 Å². The number of anilines is 1.